The molecule has 4 nitrogen and oxygen atoms in total. The molecule has 3 aromatic rings. The lowest BCUT2D eigenvalue weighted by Gasteiger charge is -2.26. The van der Waals surface area contributed by atoms with E-state index in [0.717, 1.165) is 36.2 Å². The number of para-hydroxylation sites is 2. The summed E-state index contributed by atoms with van der Waals surface area (Å²) in [5.41, 5.74) is 2.74. The van der Waals surface area contributed by atoms with Gasteiger partial charge in [-0.2, -0.15) is 0 Å². The summed E-state index contributed by atoms with van der Waals surface area (Å²) in [5.74, 6) is 1.01. The van der Waals surface area contributed by atoms with Crippen molar-refractivity contribution < 1.29 is 4.79 Å². The fraction of sp³-hybridized carbons (Fsp3) is 0.333. The molecule has 0 N–H and O–H groups in total. The van der Waals surface area contributed by atoms with Crippen LogP contribution in [0.3, 0.4) is 0 Å². The second-order valence-electron chi connectivity index (χ2n) is 7.09. The van der Waals surface area contributed by atoms with Crippen LogP contribution in [0.15, 0.2) is 48.5 Å². The van der Waals surface area contributed by atoms with Crippen LogP contribution in [0.4, 0.5) is 0 Å². The van der Waals surface area contributed by atoms with Crippen LogP contribution in [0.5, 0.6) is 0 Å². The van der Waals surface area contributed by atoms with Gasteiger partial charge in [0.1, 0.15) is 5.82 Å². The molecule has 0 bridgehead atoms. The fourth-order valence-electron chi connectivity index (χ4n) is 3.91. The van der Waals surface area contributed by atoms with Gasteiger partial charge in [-0.1, -0.05) is 29.8 Å². The summed E-state index contributed by atoms with van der Waals surface area (Å²) >= 11 is 6.08. The number of aromatic nitrogens is 2. The predicted molar refractivity (Wildman–Crippen MR) is 105 cm³/mol. The predicted octanol–water partition coefficient (Wildman–Crippen LogP) is 5.25. The Kier molecular flexibility index (Phi) is 4.45. The van der Waals surface area contributed by atoms with E-state index in [-0.39, 0.29) is 18.0 Å². The van der Waals surface area contributed by atoms with Gasteiger partial charge in [0.15, 0.2) is 0 Å². The molecule has 2 heterocycles. The maximum atomic E-state index is 13.1. The average molecular weight is 368 g/mol. The topological polar surface area (TPSA) is 38.1 Å². The molecule has 0 unspecified atom stereocenters. The van der Waals surface area contributed by atoms with E-state index in [1.165, 1.54) is 0 Å². The molecule has 1 aliphatic rings. The third kappa shape index (κ3) is 2.88. The molecule has 0 radical (unpaired) electrons. The highest BCUT2D eigenvalue weighted by molar-refractivity contribution is 6.30. The minimum Gasteiger partial charge on any atom is -0.328 e. The lowest BCUT2D eigenvalue weighted by atomic mass is 10.1. The van der Waals surface area contributed by atoms with Crippen molar-refractivity contribution in [2.45, 2.75) is 38.8 Å². The van der Waals surface area contributed by atoms with Crippen LogP contribution in [-0.2, 0) is 0 Å². The molecule has 1 amide bonds. The number of amides is 1. The number of carbonyl (C=O) groups excluding carboxylic acids is 1. The van der Waals surface area contributed by atoms with E-state index in [9.17, 15) is 4.79 Å². The number of hydrogen-bond acceptors (Lipinski definition) is 2. The highest BCUT2D eigenvalue weighted by Gasteiger charge is 2.34. The Bertz CT molecular complexity index is 963. The molecule has 26 heavy (non-hydrogen) atoms. The van der Waals surface area contributed by atoms with Gasteiger partial charge >= 0.3 is 0 Å². The Morgan fingerprint density at radius 3 is 2.77 bits per heavy atom. The third-order valence-electron chi connectivity index (χ3n) is 5.02. The standard InChI is InChI=1S/C21H22ClN3O/c1-14(2)25-18-10-4-3-9-17(18)23-20(25)19-11-6-12-24(19)21(26)15-7-5-8-16(22)13-15/h3-5,7-10,13-14,19H,6,11-12H2,1-2H3/t19-/m0/s1. The molecule has 1 saturated heterocycles. The minimum absolute atomic E-state index is 0.00344. The number of hydrogen-bond donors (Lipinski definition) is 0. The Morgan fingerprint density at radius 2 is 2.00 bits per heavy atom. The summed E-state index contributed by atoms with van der Waals surface area (Å²) in [4.78, 5) is 20.0. The van der Waals surface area contributed by atoms with Crippen molar-refractivity contribution in [3.63, 3.8) is 0 Å². The van der Waals surface area contributed by atoms with Gasteiger partial charge in [-0.05, 0) is 57.0 Å². The van der Waals surface area contributed by atoms with Crippen LogP contribution in [-0.4, -0.2) is 26.9 Å². The number of imidazole rings is 1. The highest BCUT2D eigenvalue weighted by atomic mass is 35.5. The first-order chi connectivity index (χ1) is 12.6. The van der Waals surface area contributed by atoms with Crippen molar-refractivity contribution in [2.24, 2.45) is 0 Å². The zero-order valence-electron chi connectivity index (χ0n) is 15.0. The zero-order chi connectivity index (χ0) is 18.3. The first-order valence-corrected chi connectivity index (χ1v) is 9.47. The maximum Gasteiger partial charge on any atom is 0.254 e. The van der Waals surface area contributed by atoms with Crippen LogP contribution in [0.25, 0.3) is 11.0 Å². The number of nitrogens with zero attached hydrogens (tertiary/aromatic N) is 3. The average Bonchev–Trinajstić information content (AvgIpc) is 3.25. The fourth-order valence-corrected chi connectivity index (χ4v) is 4.10. The van der Waals surface area contributed by atoms with Crippen LogP contribution in [0, 0.1) is 0 Å². The molecular weight excluding hydrogens is 346 g/mol. The van der Waals surface area contributed by atoms with Gasteiger partial charge in [-0.3, -0.25) is 4.79 Å². The van der Waals surface area contributed by atoms with Gasteiger partial charge in [0.25, 0.3) is 5.91 Å². The lowest BCUT2D eigenvalue weighted by molar-refractivity contribution is 0.0727. The first-order valence-electron chi connectivity index (χ1n) is 9.09. The Labute approximate surface area is 158 Å². The number of benzene rings is 2. The molecular formula is C21H22ClN3O. The Balaban J connectivity index is 1.76. The molecule has 1 atom stereocenters. The van der Waals surface area contributed by atoms with Crippen LogP contribution in [0.1, 0.15) is 55.0 Å². The van der Waals surface area contributed by atoms with E-state index in [1.807, 2.05) is 35.2 Å². The summed E-state index contributed by atoms with van der Waals surface area (Å²) in [6, 6.07) is 15.6. The van der Waals surface area contributed by atoms with Gasteiger partial charge in [0.2, 0.25) is 0 Å². The molecule has 4 rings (SSSR count). The SMILES string of the molecule is CC(C)n1c([C@@H]2CCCN2C(=O)c2cccc(Cl)c2)nc2ccccc21. The number of fused-ring (bicyclic) bond motifs is 1. The molecule has 5 heteroatoms. The van der Waals surface area contributed by atoms with Crippen LogP contribution >= 0.6 is 11.6 Å². The van der Waals surface area contributed by atoms with Gasteiger partial charge in [-0.25, -0.2) is 4.98 Å². The van der Waals surface area contributed by atoms with E-state index < -0.39 is 0 Å². The zero-order valence-corrected chi connectivity index (χ0v) is 15.8. The molecule has 0 saturated carbocycles. The minimum atomic E-state index is -0.00344. The van der Waals surface area contributed by atoms with Crippen LogP contribution in [0.2, 0.25) is 5.02 Å². The second-order valence-corrected chi connectivity index (χ2v) is 7.53. The molecule has 0 aliphatic carbocycles. The summed E-state index contributed by atoms with van der Waals surface area (Å²) in [6.07, 6.45) is 1.92. The summed E-state index contributed by atoms with van der Waals surface area (Å²) < 4.78 is 2.27. The number of halogens is 1. The second kappa shape index (κ2) is 6.76. The molecule has 134 valence electrons. The van der Waals surface area contributed by atoms with E-state index in [4.69, 9.17) is 16.6 Å². The van der Waals surface area contributed by atoms with Crippen molar-refractivity contribution in [3.8, 4) is 0 Å². The first kappa shape index (κ1) is 17.1. The van der Waals surface area contributed by atoms with Crippen molar-refractivity contribution in [2.75, 3.05) is 6.54 Å². The number of carbonyl (C=O) groups is 1. The molecule has 1 aromatic heterocycles. The molecule has 0 spiro atoms. The Hall–Kier alpha value is -2.33. The molecule has 2 aromatic carbocycles. The highest BCUT2D eigenvalue weighted by Crippen LogP contribution is 2.36. The molecule has 1 fully saturated rings. The number of rotatable bonds is 3. The number of likely N-dealkylation sites (tertiary alicyclic amines) is 1. The normalized spacial score (nSPS) is 17.4. The smallest absolute Gasteiger partial charge is 0.254 e. The van der Waals surface area contributed by atoms with Crippen molar-refractivity contribution >= 4 is 28.5 Å². The third-order valence-corrected chi connectivity index (χ3v) is 5.26. The van der Waals surface area contributed by atoms with E-state index in [1.54, 1.807) is 12.1 Å². The van der Waals surface area contributed by atoms with Gasteiger partial charge < -0.3 is 9.47 Å². The maximum absolute atomic E-state index is 13.1. The van der Waals surface area contributed by atoms with Crippen molar-refractivity contribution in [1.82, 2.24) is 14.5 Å². The summed E-state index contributed by atoms with van der Waals surface area (Å²) in [5, 5.41) is 0.584. The van der Waals surface area contributed by atoms with E-state index in [0.29, 0.717) is 10.6 Å². The van der Waals surface area contributed by atoms with Gasteiger partial charge in [-0.15, -0.1) is 0 Å². The van der Waals surface area contributed by atoms with Crippen molar-refractivity contribution in [1.29, 1.82) is 0 Å². The van der Waals surface area contributed by atoms with Crippen LogP contribution < -0.4 is 0 Å². The largest absolute Gasteiger partial charge is 0.328 e. The Morgan fingerprint density at radius 1 is 1.19 bits per heavy atom. The van der Waals surface area contributed by atoms with Gasteiger partial charge in [0.05, 0.1) is 17.1 Å². The molecule has 1 aliphatic heterocycles. The monoisotopic (exact) mass is 367 g/mol. The van der Waals surface area contributed by atoms with E-state index in [2.05, 4.69) is 24.5 Å². The summed E-state index contributed by atoms with van der Waals surface area (Å²) in [6.45, 7) is 5.07. The lowest BCUT2D eigenvalue weighted by Crippen LogP contribution is -2.32. The summed E-state index contributed by atoms with van der Waals surface area (Å²) in [7, 11) is 0. The van der Waals surface area contributed by atoms with Crippen molar-refractivity contribution in [3.05, 3.63) is 64.9 Å². The van der Waals surface area contributed by atoms with E-state index >= 15 is 0 Å². The quantitative estimate of drug-likeness (QED) is 0.634. The van der Waals surface area contributed by atoms with Gasteiger partial charge in [0, 0.05) is 23.2 Å².